The van der Waals surface area contributed by atoms with Crippen molar-refractivity contribution in [1.82, 2.24) is 49.5 Å². The van der Waals surface area contributed by atoms with Crippen LogP contribution < -0.4 is 16.9 Å². The van der Waals surface area contributed by atoms with E-state index in [1.807, 2.05) is 96.6 Å². The molecule has 0 bridgehead atoms. The van der Waals surface area contributed by atoms with Gasteiger partial charge in [0.2, 0.25) is 0 Å². The highest BCUT2D eigenvalue weighted by molar-refractivity contribution is 9.10. The maximum absolute atomic E-state index is 14.6. The lowest BCUT2D eigenvalue weighted by Crippen LogP contribution is -2.41. The first kappa shape index (κ1) is 51.6. The molecule has 376 valence electrons. The molecule has 0 unspecified atom stereocenters. The number of nitrogen functional groups attached to an aromatic ring is 2. The number of pyridine rings is 6. The molecule has 74 heavy (non-hydrogen) atoms. The van der Waals surface area contributed by atoms with Crippen LogP contribution in [0.1, 0.15) is 29.1 Å². The lowest BCUT2D eigenvalue weighted by Gasteiger charge is -2.32. The van der Waals surface area contributed by atoms with Crippen LogP contribution in [0.3, 0.4) is 0 Å². The van der Waals surface area contributed by atoms with Crippen molar-refractivity contribution in [2.45, 2.75) is 38.9 Å². The van der Waals surface area contributed by atoms with E-state index in [2.05, 4.69) is 56.0 Å². The average molecular weight is 1100 g/mol. The highest BCUT2D eigenvalue weighted by atomic mass is 79.9. The Hall–Kier alpha value is -7.29. The van der Waals surface area contributed by atoms with Gasteiger partial charge in [0.15, 0.2) is 11.3 Å². The summed E-state index contributed by atoms with van der Waals surface area (Å²) in [6, 6.07) is 23.7. The number of hydrogen-bond acceptors (Lipinski definition) is 12. The molecule has 1 aliphatic heterocycles. The summed E-state index contributed by atoms with van der Waals surface area (Å²) < 4.78 is 60.3. The number of rotatable bonds is 6. The Morgan fingerprint density at radius 1 is 0.608 bits per heavy atom. The summed E-state index contributed by atoms with van der Waals surface area (Å²) in [5, 5.41) is 10.8. The first-order valence-electron chi connectivity index (χ1n) is 23.2. The van der Waals surface area contributed by atoms with Gasteiger partial charge >= 0.3 is 7.12 Å². The fraction of sp³-hybridized carbons (Fsp3) is 0.170. The molecule has 11 rings (SSSR count). The standard InChI is InChI=1S/C23H16ClFN6.C19H11BrClFN4.C10H17BN2O2.CH3F/c1-31-12-14(11-29-31)18-7-13(10-28-22(18)26)17-9-21(19-8-15(24)4-5-20(19)25)30-23-16(17)3-2-6-27-23;20-15-6-10(9-25-18(15)23)13-8-17(14-7-11(21)3-4-16(14)22)26-19-12(13)2-1-5-24-19;1-9(2)10(3,4)15-11(14-9)8-6-12-13(5)7-8;1-2/h2-12H,1H3,(H2,26,28);1-9H,(H2,23,25);6-7H,1-5H3;1H3/i;;;1D. The number of aryl methyl sites for hydroxylation is 2. The molecule has 8 aromatic heterocycles. The zero-order valence-corrected chi connectivity index (χ0v) is 43.8. The van der Waals surface area contributed by atoms with Crippen molar-refractivity contribution >= 4 is 85.4 Å². The summed E-state index contributed by atoms with van der Waals surface area (Å²) in [5.41, 5.74) is 19.7. The van der Waals surface area contributed by atoms with Gasteiger partial charge in [0.1, 0.15) is 23.3 Å². The minimum absolute atomic E-state index is 0.284. The van der Waals surface area contributed by atoms with Crippen LogP contribution in [0.25, 0.3) is 78.0 Å². The molecule has 1 saturated heterocycles. The molecule has 0 spiro atoms. The minimum Gasteiger partial charge on any atom is -0.399 e. The lowest BCUT2D eigenvalue weighted by atomic mass is 9.82. The van der Waals surface area contributed by atoms with Gasteiger partial charge in [-0.3, -0.25) is 13.8 Å². The van der Waals surface area contributed by atoms with Gasteiger partial charge in [0.05, 0.1) is 41.8 Å². The van der Waals surface area contributed by atoms with E-state index in [0.717, 1.165) is 49.6 Å². The van der Waals surface area contributed by atoms with Gasteiger partial charge in [-0.2, -0.15) is 10.2 Å². The molecule has 2 aromatic carbocycles. The molecule has 0 amide bonds. The molecule has 1 fully saturated rings. The lowest BCUT2D eigenvalue weighted by molar-refractivity contribution is 0.00578. The smallest absolute Gasteiger partial charge is 0.399 e. The van der Waals surface area contributed by atoms with Crippen LogP contribution in [0, 0.1) is 11.6 Å². The van der Waals surface area contributed by atoms with E-state index in [1.54, 1.807) is 64.7 Å². The first-order chi connectivity index (χ1) is 35.7. The molecular formula is C53H47BBrCl2F3N12O2. The second kappa shape index (κ2) is 22.1. The third kappa shape index (κ3) is 11.4. The number of fused-ring (bicyclic) bond motifs is 2. The molecule has 10 aromatic rings. The first-order valence-corrected chi connectivity index (χ1v) is 24.1. The molecule has 14 nitrogen and oxygen atoms in total. The van der Waals surface area contributed by atoms with Crippen molar-refractivity contribution in [3.63, 3.8) is 0 Å². The maximum Gasteiger partial charge on any atom is 0.498 e. The predicted molar refractivity (Wildman–Crippen MR) is 291 cm³/mol. The van der Waals surface area contributed by atoms with Crippen LogP contribution in [-0.4, -0.2) is 74.9 Å². The van der Waals surface area contributed by atoms with Gasteiger partial charge in [-0.1, -0.05) is 23.2 Å². The third-order valence-electron chi connectivity index (χ3n) is 12.3. The molecule has 0 aliphatic carbocycles. The highest BCUT2D eigenvalue weighted by Gasteiger charge is 2.52. The molecule has 0 atom stereocenters. The number of hydrogen-bond donors (Lipinski definition) is 2. The highest BCUT2D eigenvalue weighted by Crippen LogP contribution is 2.39. The van der Waals surface area contributed by atoms with E-state index >= 15 is 0 Å². The summed E-state index contributed by atoms with van der Waals surface area (Å²) >= 11 is 15.5. The molecule has 1 aliphatic rings. The number of nitrogens with two attached hydrogens (primary N) is 2. The largest absolute Gasteiger partial charge is 0.498 e. The SMILES string of the molecule is Cn1cc(-c2cc(-c3cc(-c4cc(Cl)ccc4F)nc4ncccc34)cnc2N)cn1.Cn1cc(B2OC(C)(C)C(C)(C)O2)cn1.Nc1ncc(-c2cc(-c3cc(Cl)ccc3F)nc3ncccc23)cc1Br.[2H]CF. The minimum atomic E-state index is -1.00. The van der Waals surface area contributed by atoms with Crippen molar-refractivity contribution < 1.29 is 23.9 Å². The van der Waals surface area contributed by atoms with Crippen LogP contribution in [0.4, 0.5) is 24.8 Å². The summed E-state index contributed by atoms with van der Waals surface area (Å²) in [7, 11) is 2.42. The summed E-state index contributed by atoms with van der Waals surface area (Å²) in [4.78, 5) is 26.4. The number of anilines is 2. The Bertz CT molecular complexity index is 3690. The normalized spacial score (nSPS) is 13.6. The Morgan fingerprint density at radius 3 is 1.57 bits per heavy atom. The van der Waals surface area contributed by atoms with Gasteiger partial charge in [0.25, 0.3) is 0 Å². The molecule has 0 saturated carbocycles. The fourth-order valence-corrected chi connectivity index (χ4v) is 8.50. The Balaban J connectivity index is 0.000000153. The summed E-state index contributed by atoms with van der Waals surface area (Å²) in [5.74, 6) is -0.0231. The second-order valence-electron chi connectivity index (χ2n) is 17.8. The molecule has 4 N–H and O–H groups in total. The van der Waals surface area contributed by atoms with Crippen molar-refractivity contribution in [3.8, 4) is 55.9 Å². The molecule has 0 radical (unpaired) electrons. The fourth-order valence-electron chi connectivity index (χ4n) is 7.81. The average Bonchev–Trinajstić information content (AvgIpc) is 4.09. The van der Waals surface area contributed by atoms with Crippen LogP contribution >= 0.6 is 39.1 Å². The van der Waals surface area contributed by atoms with E-state index < -0.39 is 18.8 Å². The van der Waals surface area contributed by atoms with Crippen molar-refractivity contribution in [2.24, 2.45) is 14.1 Å². The molecule has 9 heterocycles. The quantitative estimate of drug-likeness (QED) is 0.150. The number of aromatic nitrogens is 10. The van der Waals surface area contributed by atoms with Gasteiger partial charge in [-0.05, 0) is 140 Å². The van der Waals surface area contributed by atoms with Crippen molar-refractivity contribution in [2.75, 3.05) is 18.6 Å². The van der Waals surface area contributed by atoms with E-state index in [4.69, 9.17) is 45.3 Å². The Kier molecular flexibility index (Phi) is 15.4. The molecular weight excluding hydrogens is 1060 g/mol. The number of benzene rings is 2. The van der Waals surface area contributed by atoms with Crippen LogP contribution in [0.15, 0.2) is 139 Å². The number of nitrogens with zero attached hydrogens (tertiary/aromatic N) is 10. The summed E-state index contributed by atoms with van der Waals surface area (Å²) in [6.45, 7) is 8.18. The van der Waals surface area contributed by atoms with Gasteiger partial charge < -0.3 is 20.8 Å². The number of alkyl halides is 1. The van der Waals surface area contributed by atoms with Crippen molar-refractivity contribution in [3.05, 3.63) is 161 Å². The van der Waals surface area contributed by atoms with E-state index in [1.165, 1.54) is 24.3 Å². The van der Waals surface area contributed by atoms with Crippen LogP contribution in [0.5, 0.6) is 0 Å². The van der Waals surface area contributed by atoms with E-state index in [-0.39, 0.29) is 18.3 Å². The van der Waals surface area contributed by atoms with Gasteiger partial charge in [-0.25, -0.2) is 38.7 Å². The van der Waals surface area contributed by atoms with Gasteiger partial charge in [-0.15, -0.1) is 0 Å². The monoisotopic (exact) mass is 1100 g/mol. The van der Waals surface area contributed by atoms with Crippen molar-refractivity contribution in [1.29, 1.82) is 0 Å². The molecule has 21 heteroatoms. The second-order valence-corrected chi connectivity index (χ2v) is 19.5. The zero-order chi connectivity index (χ0) is 53.8. The van der Waals surface area contributed by atoms with Crippen LogP contribution in [0.2, 0.25) is 10.0 Å². The Labute approximate surface area is 444 Å². The van der Waals surface area contributed by atoms with E-state index in [0.29, 0.717) is 60.0 Å². The Morgan fingerprint density at radius 2 is 1.09 bits per heavy atom. The van der Waals surface area contributed by atoms with Gasteiger partial charge in [0, 0.05) is 117 Å². The number of halogens is 6. The van der Waals surface area contributed by atoms with Crippen LogP contribution in [-0.2, 0) is 23.4 Å². The van der Waals surface area contributed by atoms with E-state index in [9.17, 15) is 13.2 Å². The topological polar surface area (TPSA) is 183 Å². The maximum atomic E-state index is 14.6. The summed E-state index contributed by atoms with van der Waals surface area (Å²) in [6.07, 6.45) is 14.0. The third-order valence-corrected chi connectivity index (χ3v) is 13.4. The predicted octanol–water partition coefficient (Wildman–Crippen LogP) is 11.9. The zero-order valence-electron chi connectivity index (χ0n) is 41.7.